The highest BCUT2D eigenvalue weighted by Gasteiger charge is 2.15. The fourth-order valence-electron chi connectivity index (χ4n) is 2.84. The van der Waals surface area contributed by atoms with E-state index < -0.39 is 0 Å². The van der Waals surface area contributed by atoms with Crippen LogP contribution in [0.1, 0.15) is 33.9 Å². The van der Waals surface area contributed by atoms with E-state index in [0.717, 1.165) is 29.9 Å². The van der Waals surface area contributed by atoms with Crippen molar-refractivity contribution >= 4 is 0 Å². The molecule has 0 aromatic heterocycles. The molecule has 2 aromatic carbocycles. The van der Waals surface area contributed by atoms with Crippen LogP contribution in [0, 0.1) is 6.92 Å². The average molecular weight is 283 g/mol. The van der Waals surface area contributed by atoms with Crippen LogP contribution in [-0.4, -0.2) is 7.11 Å². The summed E-state index contributed by atoms with van der Waals surface area (Å²) < 4.78 is 10.9. The van der Waals surface area contributed by atoms with E-state index in [-0.39, 0.29) is 6.04 Å². The zero-order valence-corrected chi connectivity index (χ0v) is 12.6. The van der Waals surface area contributed by atoms with E-state index in [4.69, 9.17) is 15.2 Å². The first-order chi connectivity index (χ1) is 10.2. The van der Waals surface area contributed by atoms with Crippen LogP contribution in [0.4, 0.5) is 0 Å². The summed E-state index contributed by atoms with van der Waals surface area (Å²) in [5, 5.41) is 0. The minimum atomic E-state index is -0.0356. The highest BCUT2D eigenvalue weighted by Crippen LogP contribution is 2.27. The van der Waals surface area contributed by atoms with E-state index in [1.54, 1.807) is 7.11 Å². The lowest BCUT2D eigenvalue weighted by Gasteiger charge is -2.16. The van der Waals surface area contributed by atoms with Crippen molar-refractivity contribution in [3.8, 4) is 5.75 Å². The van der Waals surface area contributed by atoms with Crippen LogP contribution in [0.5, 0.6) is 5.75 Å². The monoisotopic (exact) mass is 283 g/mol. The van der Waals surface area contributed by atoms with E-state index >= 15 is 0 Å². The van der Waals surface area contributed by atoms with E-state index in [2.05, 4.69) is 37.3 Å². The molecular weight excluding hydrogens is 262 g/mol. The minimum absolute atomic E-state index is 0.0356. The van der Waals surface area contributed by atoms with Crippen molar-refractivity contribution in [2.75, 3.05) is 7.11 Å². The largest absolute Gasteiger partial charge is 0.496 e. The molecule has 1 aliphatic heterocycles. The van der Waals surface area contributed by atoms with E-state index in [1.807, 2.05) is 6.07 Å². The SMILES string of the molecule is COc1ccc(C)cc1CC(N)c1ccc2c(c1)COC2. The Morgan fingerprint density at radius 3 is 2.76 bits per heavy atom. The highest BCUT2D eigenvalue weighted by molar-refractivity contribution is 5.40. The number of fused-ring (bicyclic) bond motifs is 1. The van der Waals surface area contributed by atoms with Crippen molar-refractivity contribution in [1.29, 1.82) is 0 Å². The molecule has 0 saturated heterocycles. The number of hydrogen-bond donors (Lipinski definition) is 1. The normalized spacial score (nSPS) is 14.8. The zero-order chi connectivity index (χ0) is 14.8. The summed E-state index contributed by atoms with van der Waals surface area (Å²) in [6.07, 6.45) is 0.768. The van der Waals surface area contributed by atoms with Crippen molar-refractivity contribution in [3.63, 3.8) is 0 Å². The van der Waals surface area contributed by atoms with Crippen molar-refractivity contribution in [1.82, 2.24) is 0 Å². The van der Waals surface area contributed by atoms with Crippen molar-refractivity contribution in [2.45, 2.75) is 32.6 Å². The van der Waals surface area contributed by atoms with Crippen LogP contribution in [-0.2, 0) is 24.4 Å². The lowest BCUT2D eigenvalue weighted by atomic mass is 9.95. The molecule has 0 fully saturated rings. The van der Waals surface area contributed by atoms with Crippen LogP contribution >= 0.6 is 0 Å². The summed E-state index contributed by atoms with van der Waals surface area (Å²) in [5.74, 6) is 0.903. The molecule has 0 aliphatic carbocycles. The first kappa shape index (κ1) is 14.1. The molecule has 3 nitrogen and oxygen atoms in total. The van der Waals surface area contributed by atoms with Gasteiger partial charge in [-0.1, -0.05) is 35.9 Å². The third-order valence-electron chi connectivity index (χ3n) is 4.05. The van der Waals surface area contributed by atoms with Crippen LogP contribution in [0.25, 0.3) is 0 Å². The van der Waals surface area contributed by atoms with Gasteiger partial charge < -0.3 is 15.2 Å². The Kier molecular flexibility index (Phi) is 3.95. The first-order valence-corrected chi connectivity index (χ1v) is 7.26. The Balaban J connectivity index is 1.83. The second kappa shape index (κ2) is 5.88. The van der Waals surface area contributed by atoms with Gasteiger partial charge in [0.05, 0.1) is 20.3 Å². The maximum Gasteiger partial charge on any atom is 0.122 e. The number of nitrogens with two attached hydrogens (primary N) is 1. The number of hydrogen-bond acceptors (Lipinski definition) is 3. The molecular formula is C18H21NO2. The summed E-state index contributed by atoms with van der Waals surface area (Å²) in [4.78, 5) is 0. The molecule has 3 heteroatoms. The first-order valence-electron chi connectivity index (χ1n) is 7.26. The minimum Gasteiger partial charge on any atom is -0.496 e. The summed E-state index contributed by atoms with van der Waals surface area (Å²) in [6.45, 7) is 3.50. The second-order valence-electron chi connectivity index (χ2n) is 5.65. The molecule has 0 amide bonds. The molecule has 21 heavy (non-hydrogen) atoms. The van der Waals surface area contributed by atoms with E-state index in [0.29, 0.717) is 6.61 Å². The quantitative estimate of drug-likeness (QED) is 0.936. The predicted molar refractivity (Wildman–Crippen MR) is 83.3 cm³/mol. The molecule has 0 saturated carbocycles. The molecule has 1 atom stereocenters. The molecule has 3 rings (SSSR count). The van der Waals surface area contributed by atoms with Gasteiger partial charge in [0, 0.05) is 6.04 Å². The van der Waals surface area contributed by atoms with Gasteiger partial charge in [0.2, 0.25) is 0 Å². The van der Waals surface area contributed by atoms with Crippen molar-refractivity contribution < 1.29 is 9.47 Å². The van der Waals surface area contributed by atoms with Gasteiger partial charge in [0.25, 0.3) is 0 Å². The summed E-state index contributed by atoms with van der Waals surface area (Å²) in [7, 11) is 1.70. The lowest BCUT2D eigenvalue weighted by molar-refractivity contribution is 0.134. The molecule has 0 radical (unpaired) electrons. The molecule has 1 heterocycles. The van der Waals surface area contributed by atoms with Crippen LogP contribution in [0.15, 0.2) is 36.4 Å². The van der Waals surface area contributed by atoms with Crippen LogP contribution in [0.2, 0.25) is 0 Å². The van der Waals surface area contributed by atoms with Crippen molar-refractivity contribution in [3.05, 3.63) is 64.2 Å². The fourth-order valence-corrected chi connectivity index (χ4v) is 2.84. The van der Waals surface area contributed by atoms with Crippen LogP contribution < -0.4 is 10.5 Å². The third-order valence-corrected chi connectivity index (χ3v) is 4.05. The fraction of sp³-hybridized carbons (Fsp3) is 0.333. The number of benzene rings is 2. The van der Waals surface area contributed by atoms with Gasteiger partial charge in [-0.25, -0.2) is 0 Å². The number of methoxy groups -OCH3 is 1. The average Bonchev–Trinajstić information content (AvgIpc) is 2.94. The van der Waals surface area contributed by atoms with Gasteiger partial charge in [0.15, 0.2) is 0 Å². The third kappa shape index (κ3) is 2.94. The molecule has 0 bridgehead atoms. The maximum atomic E-state index is 6.40. The van der Waals surface area contributed by atoms with Gasteiger partial charge in [-0.15, -0.1) is 0 Å². The smallest absolute Gasteiger partial charge is 0.122 e. The molecule has 1 unspecified atom stereocenters. The molecule has 110 valence electrons. The topological polar surface area (TPSA) is 44.5 Å². The second-order valence-corrected chi connectivity index (χ2v) is 5.65. The molecule has 2 aromatic rings. The molecule has 0 spiro atoms. The van der Waals surface area contributed by atoms with Crippen LogP contribution in [0.3, 0.4) is 0 Å². The van der Waals surface area contributed by atoms with E-state index in [1.165, 1.54) is 16.7 Å². The zero-order valence-electron chi connectivity index (χ0n) is 12.6. The van der Waals surface area contributed by atoms with Gasteiger partial charge in [0.1, 0.15) is 5.75 Å². The lowest BCUT2D eigenvalue weighted by Crippen LogP contribution is -2.14. The summed E-state index contributed by atoms with van der Waals surface area (Å²) in [6, 6.07) is 12.6. The predicted octanol–water partition coefficient (Wildman–Crippen LogP) is 3.28. The van der Waals surface area contributed by atoms with Crippen molar-refractivity contribution in [2.24, 2.45) is 5.73 Å². The maximum absolute atomic E-state index is 6.40. The highest BCUT2D eigenvalue weighted by atomic mass is 16.5. The molecule has 1 aliphatic rings. The van der Waals surface area contributed by atoms with Gasteiger partial charge in [-0.2, -0.15) is 0 Å². The van der Waals surface area contributed by atoms with Gasteiger partial charge in [-0.05, 0) is 41.7 Å². The number of aryl methyl sites for hydroxylation is 1. The Hall–Kier alpha value is -1.84. The van der Waals surface area contributed by atoms with Gasteiger partial charge in [-0.3, -0.25) is 0 Å². The van der Waals surface area contributed by atoms with Gasteiger partial charge >= 0.3 is 0 Å². The standard InChI is InChI=1S/C18H21NO2/c1-12-3-6-18(20-2)15(7-12)9-17(19)13-4-5-14-10-21-11-16(14)8-13/h3-8,17H,9-11,19H2,1-2H3. The Labute approximate surface area is 125 Å². The summed E-state index contributed by atoms with van der Waals surface area (Å²) >= 11 is 0. The van der Waals surface area contributed by atoms with E-state index in [9.17, 15) is 0 Å². The molecule has 2 N–H and O–H groups in total. The summed E-state index contributed by atoms with van der Waals surface area (Å²) in [5.41, 5.74) is 12.5. The Bertz CT molecular complexity index is 652. The Morgan fingerprint density at radius 2 is 1.95 bits per heavy atom. The number of ether oxygens (including phenoxy) is 2. The number of rotatable bonds is 4. The Morgan fingerprint density at radius 1 is 1.14 bits per heavy atom.